The minimum atomic E-state index is 0.216. The molecule has 3 unspecified atom stereocenters. The van der Waals surface area contributed by atoms with E-state index in [1.807, 2.05) is 6.92 Å². The summed E-state index contributed by atoms with van der Waals surface area (Å²) in [5.74, 6) is 0. The average molecular weight is 202 g/mol. The molecule has 0 saturated carbocycles. The van der Waals surface area contributed by atoms with Crippen molar-refractivity contribution in [2.45, 2.75) is 31.6 Å². The zero-order valence-electron chi connectivity index (χ0n) is 9.40. The minimum Gasteiger partial charge on any atom is -0.377 e. The number of likely N-dealkylation sites (tertiary alicyclic amines) is 1. The molecule has 0 aromatic heterocycles. The van der Waals surface area contributed by atoms with Crippen LogP contribution in [0, 0.1) is 0 Å². The van der Waals surface area contributed by atoms with E-state index in [0.717, 1.165) is 26.1 Å². The largest absolute Gasteiger partial charge is 0.377 e. The number of nitrogens with zero attached hydrogens (tertiary/aromatic N) is 1. The summed E-state index contributed by atoms with van der Waals surface area (Å²) in [7, 11) is 3.48. The molecule has 4 nitrogen and oxygen atoms in total. The van der Waals surface area contributed by atoms with Crippen LogP contribution in [0.2, 0.25) is 0 Å². The Morgan fingerprint density at radius 3 is 2.14 bits per heavy atom. The van der Waals surface area contributed by atoms with Crippen LogP contribution in [0.15, 0.2) is 0 Å². The molecule has 1 fully saturated rings. The molecule has 1 aliphatic heterocycles. The fourth-order valence-corrected chi connectivity index (χ4v) is 1.84. The molecule has 1 rings (SSSR count). The first kappa shape index (κ1) is 11.9. The predicted octanol–water partition coefficient (Wildman–Crippen LogP) is 0.0693. The highest BCUT2D eigenvalue weighted by Crippen LogP contribution is 2.15. The lowest BCUT2D eigenvalue weighted by Crippen LogP contribution is -2.28. The molecule has 0 aliphatic carbocycles. The Bertz CT molecular complexity index is 152. The van der Waals surface area contributed by atoms with Gasteiger partial charge in [0.2, 0.25) is 0 Å². The van der Waals surface area contributed by atoms with Crippen LogP contribution in [0.4, 0.5) is 0 Å². The molecule has 1 heterocycles. The highest BCUT2D eigenvalue weighted by Gasteiger charge is 2.32. The van der Waals surface area contributed by atoms with Gasteiger partial charge in [-0.1, -0.05) is 0 Å². The monoisotopic (exact) mass is 202 g/mol. The Kier molecular flexibility index (Phi) is 4.81. The van der Waals surface area contributed by atoms with Gasteiger partial charge in [-0.2, -0.15) is 0 Å². The number of hydrogen-bond donors (Lipinski definition) is 1. The lowest BCUT2D eigenvalue weighted by molar-refractivity contribution is -0.00461. The van der Waals surface area contributed by atoms with E-state index >= 15 is 0 Å². The van der Waals surface area contributed by atoms with Gasteiger partial charge in [-0.3, -0.25) is 4.90 Å². The normalized spacial score (nSPS) is 30.9. The zero-order valence-corrected chi connectivity index (χ0v) is 9.40. The van der Waals surface area contributed by atoms with Gasteiger partial charge in [0.15, 0.2) is 0 Å². The summed E-state index contributed by atoms with van der Waals surface area (Å²) >= 11 is 0. The van der Waals surface area contributed by atoms with Gasteiger partial charge in [0.1, 0.15) is 0 Å². The van der Waals surface area contributed by atoms with Crippen LogP contribution in [-0.2, 0) is 9.47 Å². The molecule has 0 aromatic carbocycles. The third-order valence-corrected chi connectivity index (χ3v) is 2.80. The molecule has 0 aromatic rings. The molecular weight excluding hydrogens is 180 g/mol. The minimum absolute atomic E-state index is 0.216. The van der Waals surface area contributed by atoms with Crippen molar-refractivity contribution in [1.29, 1.82) is 0 Å². The molecule has 4 heteroatoms. The van der Waals surface area contributed by atoms with Gasteiger partial charge in [-0.15, -0.1) is 0 Å². The molecule has 2 N–H and O–H groups in total. The van der Waals surface area contributed by atoms with Crippen LogP contribution >= 0.6 is 0 Å². The van der Waals surface area contributed by atoms with Gasteiger partial charge < -0.3 is 15.2 Å². The maximum atomic E-state index is 5.72. The number of hydrogen-bond acceptors (Lipinski definition) is 4. The Morgan fingerprint density at radius 1 is 1.29 bits per heavy atom. The fraction of sp³-hybridized carbons (Fsp3) is 1.00. The molecule has 0 amide bonds. The summed E-state index contributed by atoms with van der Waals surface area (Å²) in [5.41, 5.74) is 5.72. The summed E-state index contributed by atoms with van der Waals surface area (Å²) in [5, 5.41) is 0. The van der Waals surface area contributed by atoms with Gasteiger partial charge in [0, 0.05) is 33.4 Å². The first-order valence-electron chi connectivity index (χ1n) is 5.21. The number of nitrogens with two attached hydrogens (primary N) is 1. The van der Waals surface area contributed by atoms with E-state index in [-0.39, 0.29) is 18.2 Å². The summed E-state index contributed by atoms with van der Waals surface area (Å²) < 4.78 is 10.7. The summed E-state index contributed by atoms with van der Waals surface area (Å²) in [6, 6.07) is 0.276. The molecule has 1 saturated heterocycles. The second-order valence-electron chi connectivity index (χ2n) is 4.07. The van der Waals surface area contributed by atoms with E-state index in [4.69, 9.17) is 15.2 Å². The van der Waals surface area contributed by atoms with Crippen LogP contribution < -0.4 is 5.73 Å². The van der Waals surface area contributed by atoms with E-state index in [2.05, 4.69) is 4.90 Å². The van der Waals surface area contributed by atoms with Crippen molar-refractivity contribution in [2.75, 3.05) is 33.9 Å². The highest BCUT2D eigenvalue weighted by molar-refractivity contribution is 4.85. The molecule has 3 atom stereocenters. The van der Waals surface area contributed by atoms with Crippen LogP contribution in [0.25, 0.3) is 0 Å². The van der Waals surface area contributed by atoms with Crippen molar-refractivity contribution < 1.29 is 9.47 Å². The molecule has 1 aliphatic rings. The van der Waals surface area contributed by atoms with Crippen molar-refractivity contribution in [2.24, 2.45) is 5.73 Å². The van der Waals surface area contributed by atoms with E-state index in [9.17, 15) is 0 Å². The van der Waals surface area contributed by atoms with Crippen LogP contribution in [-0.4, -0.2) is 57.0 Å². The van der Waals surface area contributed by atoms with Crippen LogP contribution in [0.3, 0.4) is 0 Å². The third-order valence-electron chi connectivity index (χ3n) is 2.80. The quantitative estimate of drug-likeness (QED) is 0.685. The topological polar surface area (TPSA) is 47.7 Å². The maximum absolute atomic E-state index is 5.72. The molecule has 84 valence electrons. The fourth-order valence-electron chi connectivity index (χ4n) is 1.84. The van der Waals surface area contributed by atoms with Crippen LogP contribution in [0.1, 0.15) is 13.3 Å². The Labute approximate surface area is 86.3 Å². The van der Waals surface area contributed by atoms with Crippen LogP contribution in [0.5, 0.6) is 0 Å². The predicted molar refractivity (Wildman–Crippen MR) is 56.3 cm³/mol. The van der Waals surface area contributed by atoms with Crippen molar-refractivity contribution in [1.82, 2.24) is 4.90 Å². The summed E-state index contributed by atoms with van der Waals surface area (Å²) in [4.78, 5) is 2.35. The van der Waals surface area contributed by atoms with E-state index < -0.39 is 0 Å². The van der Waals surface area contributed by atoms with E-state index in [1.165, 1.54) is 0 Å². The highest BCUT2D eigenvalue weighted by atomic mass is 16.5. The van der Waals surface area contributed by atoms with E-state index in [1.54, 1.807) is 14.2 Å². The second-order valence-corrected chi connectivity index (χ2v) is 4.07. The number of methoxy groups -OCH3 is 2. The van der Waals surface area contributed by atoms with Gasteiger partial charge in [0.05, 0.1) is 12.2 Å². The Morgan fingerprint density at radius 2 is 1.79 bits per heavy atom. The summed E-state index contributed by atoms with van der Waals surface area (Å²) in [6.07, 6.45) is 1.47. The first-order valence-corrected chi connectivity index (χ1v) is 5.21. The third kappa shape index (κ3) is 3.20. The Hall–Kier alpha value is -0.160. The average Bonchev–Trinajstić information content (AvgIpc) is 2.57. The second kappa shape index (κ2) is 5.66. The van der Waals surface area contributed by atoms with Crippen molar-refractivity contribution >= 4 is 0 Å². The van der Waals surface area contributed by atoms with Gasteiger partial charge in [0.25, 0.3) is 0 Å². The lowest BCUT2D eigenvalue weighted by Gasteiger charge is -2.16. The van der Waals surface area contributed by atoms with Crippen molar-refractivity contribution in [3.63, 3.8) is 0 Å². The van der Waals surface area contributed by atoms with Crippen molar-refractivity contribution in [3.05, 3.63) is 0 Å². The molecule has 0 bridgehead atoms. The van der Waals surface area contributed by atoms with Gasteiger partial charge >= 0.3 is 0 Å². The number of ether oxygens (including phenoxy) is 2. The van der Waals surface area contributed by atoms with Gasteiger partial charge in [-0.25, -0.2) is 0 Å². The smallest absolute Gasteiger partial charge is 0.0971 e. The van der Waals surface area contributed by atoms with Crippen molar-refractivity contribution in [3.8, 4) is 0 Å². The zero-order chi connectivity index (χ0) is 10.6. The summed E-state index contributed by atoms with van der Waals surface area (Å²) in [6.45, 7) is 5.00. The SMILES string of the molecule is COC1CN(CCC(C)N)CC1OC. The first-order chi connectivity index (χ1) is 6.67. The number of rotatable bonds is 5. The standard InChI is InChI=1S/C10H22N2O2/c1-8(11)4-5-12-6-9(13-2)10(7-12)14-3/h8-10H,4-7,11H2,1-3H3. The van der Waals surface area contributed by atoms with E-state index in [0.29, 0.717) is 0 Å². The molecule has 14 heavy (non-hydrogen) atoms. The van der Waals surface area contributed by atoms with Gasteiger partial charge in [-0.05, 0) is 19.9 Å². The molecular formula is C10H22N2O2. The Balaban J connectivity index is 2.30. The molecule has 0 spiro atoms. The molecule has 0 radical (unpaired) electrons. The lowest BCUT2D eigenvalue weighted by atomic mass is 10.2. The maximum Gasteiger partial charge on any atom is 0.0971 e.